The molecule has 1 saturated carbocycles. The van der Waals surface area contributed by atoms with Crippen molar-refractivity contribution in [3.63, 3.8) is 0 Å². The summed E-state index contributed by atoms with van der Waals surface area (Å²) in [5, 5.41) is 18.1. The number of ketones is 1. The van der Waals surface area contributed by atoms with Gasteiger partial charge in [-0.05, 0) is 99.3 Å². The highest BCUT2D eigenvalue weighted by atomic mass is 16.7. The third-order valence-electron chi connectivity index (χ3n) is 11.7. The van der Waals surface area contributed by atoms with Gasteiger partial charge in [0.1, 0.15) is 18.1 Å². The Kier molecular flexibility index (Phi) is 13.2. The number of amides is 1. The van der Waals surface area contributed by atoms with Crippen LogP contribution in [0.1, 0.15) is 80.6 Å². The molecule has 3 aliphatic heterocycles. The summed E-state index contributed by atoms with van der Waals surface area (Å²) in [4.78, 5) is 44.7. The van der Waals surface area contributed by atoms with Gasteiger partial charge >= 0.3 is 12.1 Å². The number of alkyl carbamates (subject to hydrolysis) is 1. The molecule has 0 aromatic carbocycles. The van der Waals surface area contributed by atoms with E-state index in [1.54, 1.807) is 27.9 Å². The molecule has 4 aliphatic rings. The molecule has 3 saturated heterocycles. The second kappa shape index (κ2) is 16.2. The highest BCUT2D eigenvalue weighted by Gasteiger charge is 2.56. The fourth-order valence-corrected chi connectivity index (χ4v) is 8.30. The van der Waals surface area contributed by atoms with E-state index in [9.17, 15) is 19.5 Å². The molecule has 1 amide bonds. The topological polar surface area (TPSA) is 148 Å². The number of likely N-dealkylation sites (N-methyl/N-ethyl adjacent to an activating group) is 2. The lowest BCUT2D eigenvalue weighted by Gasteiger charge is -2.47. The van der Waals surface area contributed by atoms with Crippen LogP contribution >= 0.6 is 0 Å². The average Bonchev–Trinajstić information content (AvgIpc) is 3.82. The summed E-state index contributed by atoms with van der Waals surface area (Å²) < 4.78 is 31.3. The zero-order valence-electron chi connectivity index (χ0n) is 31.7. The molecule has 3 heterocycles. The molecule has 1 unspecified atom stereocenters. The number of esters is 1. The third-order valence-corrected chi connectivity index (χ3v) is 11.7. The molecule has 282 valence electrons. The van der Waals surface area contributed by atoms with Crippen LogP contribution in [0.2, 0.25) is 0 Å². The molecule has 4 fully saturated rings. The third kappa shape index (κ3) is 8.96. The van der Waals surface area contributed by atoms with Crippen molar-refractivity contribution in [3.8, 4) is 0 Å². The minimum Gasteiger partial charge on any atom is -0.458 e. The van der Waals surface area contributed by atoms with Gasteiger partial charge in [0.05, 0.1) is 23.9 Å². The number of cyclic esters (lactones) is 1. The maximum atomic E-state index is 14.3. The summed E-state index contributed by atoms with van der Waals surface area (Å²) in [5.41, 5.74) is -2.16. The summed E-state index contributed by atoms with van der Waals surface area (Å²) in [6.45, 7) is 15.2. The van der Waals surface area contributed by atoms with Gasteiger partial charge in [-0.1, -0.05) is 20.8 Å². The number of methoxy groups -OCH3 is 1. The van der Waals surface area contributed by atoms with E-state index in [-0.39, 0.29) is 29.9 Å². The van der Waals surface area contributed by atoms with E-state index in [1.165, 1.54) is 12.8 Å². The second-order valence-electron chi connectivity index (χ2n) is 16.0. The number of nitrogens with one attached hydrogen (secondary N) is 2. The molecular weight excluding hydrogens is 632 g/mol. The van der Waals surface area contributed by atoms with Gasteiger partial charge in [0.25, 0.3) is 0 Å². The second-order valence-corrected chi connectivity index (χ2v) is 16.0. The Bertz CT molecular complexity index is 1160. The van der Waals surface area contributed by atoms with Crippen molar-refractivity contribution in [1.29, 1.82) is 0 Å². The van der Waals surface area contributed by atoms with Crippen LogP contribution in [0.3, 0.4) is 0 Å². The van der Waals surface area contributed by atoms with Crippen molar-refractivity contribution in [2.24, 2.45) is 23.7 Å². The van der Waals surface area contributed by atoms with Gasteiger partial charge in [0.2, 0.25) is 0 Å². The molecule has 4 rings (SSSR count). The van der Waals surface area contributed by atoms with Gasteiger partial charge in [-0.3, -0.25) is 9.59 Å². The number of ether oxygens (including phenoxy) is 5. The Morgan fingerprint density at radius 1 is 1.10 bits per heavy atom. The number of Topliss-reactive ketones (excluding diaryl/α,β-unsaturated/α-hetero) is 1. The summed E-state index contributed by atoms with van der Waals surface area (Å²) >= 11 is 0. The van der Waals surface area contributed by atoms with Gasteiger partial charge in [-0.25, -0.2) is 4.79 Å². The van der Waals surface area contributed by atoms with Crippen LogP contribution < -0.4 is 10.6 Å². The van der Waals surface area contributed by atoms with Crippen molar-refractivity contribution in [1.82, 2.24) is 20.4 Å². The van der Waals surface area contributed by atoms with E-state index < -0.39 is 65.7 Å². The van der Waals surface area contributed by atoms with E-state index in [0.29, 0.717) is 38.3 Å². The molecule has 0 aromatic rings. The van der Waals surface area contributed by atoms with Crippen LogP contribution in [0.15, 0.2) is 0 Å². The molecule has 0 aromatic heterocycles. The van der Waals surface area contributed by atoms with Gasteiger partial charge in [0.15, 0.2) is 17.7 Å². The monoisotopic (exact) mass is 696 g/mol. The van der Waals surface area contributed by atoms with Crippen molar-refractivity contribution >= 4 is 17.8 Å². The molecule has 0 radical (unpaired) electrons. The summed E-state index contributed by atoms with van der Waals surface area (Å²) in [7, 11) is 7.46. The molecule has 1 aliphatic carbocycles. The number of carbonyl (C=O) groups excluding carboxylic acids is 3. The van der Waals surface area contributed by atoms with Gasteiger partial charge < -0.3 is 49.2 Å². The van der Waals surface area contributed by atoms with Crippen LogP contribution in [-0.2, 0) is 33.3 Å². The number of hydrogen-bond acceptors (Lipinski definition) is 12. The summed E-state index contributed by atoms with van der Waals surface area (Å²) in [6, 6.07) is -0.892. The van der Waals surface area contributed by atoms with E-state index in [0.717, 1.165) is 6.54 Å². The van der Waals surface area contributed by atoms with Crippen molar-refractivity contribution in [2.75, 3.05) is 47.9 Å². The highest BCUT2D eigenvalue weighted by Crippen LogP contribution is 2.38. The maximum absolute atomic E-state index is 14.3. The first-order valence-electron chi connectivity index (χ1n) is 18.3. The fraction of sp³-hybridized carbons (Fsp3) is 0.917. The quantitative estimate of drug-likeness (QED) is 0.241. The SMILES string of the molecule is CC[C@H]1OC(=O)C(C)C(=O)[C@H](C)[C@@H](O[C@@H]2O[C@H](CNCC3CC3)C[C@H](N(C)C)[C@H]2O)[C@](C)(OC)C[C@@H](C)CN(C)[C@H](C)[C@H]2NC(=O)O[C@@]21C. The molecule has 13 atom stereocenters. The molecule has 0 bridgehead atoms. The number of nitrogens with zero attached hydrogens (tertiary/aromatic N) is 2. The highest BCUT2D eigenvalue weighted by molar-refractivity contribution is 6.00. The number of aliphatic hydroxyl groups is 1. The Labute approximate surface area is 293 Å². The zero-order chi connectivity index (χ0) is 36.4. The Morgan fingerprint density at radius 3 is 2.37 bits per heavy atom. The fourth-order valence-electron chi connectivity index (χ4n) is 8.30. The Morgan fingerprint density at radius 2 is 1.78 bits per heavy atom. The normalized spacial score (nSPS) is 43.3. The van der Waals surface area contributed by atoms with Gasteiger partial charge in [-0.15, -0.1) is 0 Å². The predicted molar refractivity (Wildman–Crippen MR) is 184 cm³/mol. The Hall–Kier alpha value is -1.87. The zero-order valence-corrected chi connectivity index (χ0v) is 31.7. The average molecular weight is 697 g/mol. The van der Waals surface area contributed by atoms with Crippen molar-refractivity contribution in [2.45, 2.75) is 141 Å². The van der Waals surface area contributed by atoms with E-state index in [2.05, 4.69) is 22.5 Å². The van der Waals surface area contributed by atoms with Crippen molar-refractivity contribution < 1.29 is 43.2 Å². The molecule has 0 spiro atoms. The molecular formula is C36H64N4O9. The first kappa shape index (κ1) is 39.9. The number of rotatable bonds is 9. The standard InChI is InChI=1S/C36H64N4O9/c1-12-27-36(7)30(38-34(44)49-36)23(5)40(10)19-20(2)16-35(6,45-11)31(21(3)28(41)22(4)32(43)47-27)48-33-29(42)26(39(8)9)15-25(46-33)18-37-17-24-13-14-24/h20-27,29-31,33,37,42H,12-19H2,1-11H3,(H,38,44)/t20-,21+,22?,23-,25+,26+,27-,29-,30-,31-,33+,35-,36-/m1/s1. The smallest absolute Gasteiger partial charge is 0.408 e. The largest absolute Gasteiger partial charge is 0.458 e. The summed E-state index contributed by atoms with van der Waals surface area (Å²) in [6.07, 6.45) is -0.464. The van der Waals surface area contributed by atoms with Gasteiger partial charge in [0, 0.05) is 38.2 Å². The maximum Gasteiger partial charge on any atom is 0.408 e. The van der Waals surface area contributed by atoms with Crippen LogP contribution in [0, 0.1) is 23.7 Å². The van der Waals surface area contributed by atoms with E-state index >= 15 is 0 Å². The van der Waals surface area contributed by atoms with E-state index in [1.807, 2.05) is 46.8 Å². The van der Waals surface area contributed by atoms with Crippen molar-refractivity contribution in [3.05, 3.63) is 0 Å². The lowest BCUT2D eigenvalue weighted by atomic mass is 9.78. The number of fused-ring (bicyclic) bond motifs is 1. The lowest BCUT2D eigenvalue weighted by molar-refractivity contribution is -0.297. The first-order chi connectivity index (χ1) is 22.9. The van der Waals surface area contributed by atoms with Crippen LogP contribution in [0.25, 0.3) is 0 Å². The Balaban J connectivity index is 1.68. The molecule has 3 N–H and O–H groups in total. The van der Waals surface area contributed by atoms with Crippen LogP contribution in [0.4, 0.5) is 4.79 Å². The number of aliphatic hydroxyl groups excluding tert-OH is 1. The first-order valence-corrected chi connectivity index (χ1v) is 18.3. The lowest BCUT2D eigenvalue weighted by Crippen LogP contribution is -2.60. The number of hydrogen-bond donors (Lipinski definition) is 3. The van der Waals surface area contributed by atoms with Crippen LogP contribution in [0.5, 0.6) is 0 Å². The predicted octanol–water partition coefficient (Wildman–Crippen LogP) is 2.57. The molecule has 13 heteroatoms. The van der Waals surface area contributed by atoms with Gasteiger partial charge in [-0.2, -0.15) is 0 Å². The minimum atomic E-state index is -1.15. The van der Waals surface area contributed by atoms with Crippen LogP contribution in [-0.4, -0.2) is 141 Å². The summed E-state index contributed by atoms with van der Waals surface area (Å²) in [5.74, 6) is -2.29. The molecule has 13 nitrogen and oxygen atoms in total. The minimum absolute atomic E-state index is 0.0450. The van der Waals surface area contributed by atoms with E-state index in [4.69, 9.17) is 23.7 Å². The molecule has 49 heavy (non-hydrogen) atoms. The number of carbonyl (C=O) groups is 3.